The normalized spacial score (nSPS) is 11.9. The Morgan fingerprint density at radius 1 is 1.00 bits per heavy atom. The van der Waals surface area contributed by atoms with Crippen LogP contribution in [0.25, 0.3) is 6.08 Å². The van der Waals surface area contributed by atoms with Crippen molar-refractivity contribution in [3.8, 4) is 5.75 Å². The molecule has 0 bridgehead atoms. The van der Waals surface area contributed by atoms with Crippen LogP contribution in [0.3, 0.4) is 0 Å². The van der Waals surface area contributed by atoms with E-state index in [1.54, 1.807) is 17.1 Å². The second kappa shape index (κ2) is 10.7. The summed E-state index contributed by atoms with van der Waals surface area (Å²) in [6.07, 6.45) is 6.44. The summed E-state index contributed by atoms with van der Waals surface area (Å²) in [4.78, 5) is 16.6. The monoisotopic (exact) mass is 424 g/mol. The molecule has 160 valence electrons. The van der Waals surface area contributed by atoms with Crippen LogP contribution in [0.15, 0.2) is 104 Å². The van der Waals surface area contributed by atoms with Gasteiger partial charge in [0.2, 0.25) is 5.91 Å². The third kappa shape index (κ3) is 6.15. The van der Waals surface area contributed by atoms with Gasteiger partial charge in [-0.15, -0.1) is 0 Å². The lowest BCUT2D eigenvalue weighted by Crippen LogP contribution is -2.30. The van der Waals surface area contributed by atoms with Crippen molar-refractivity contribution in [1.82, 2.24) is 20.1 Å². The van der Waals surface area contributed by atoms with E-state index in [1.165, 1.54) is 12.4 Å². The number of nitrogens with zero attached hydrogens (tertiary/aromatic N) is 3. The van der Waals surface area contributed by atoms with Crippen LogP contribution in [0, 0.1) is 0 Å². The summed E-state index contributed by atoms with van der Waals surface area (Å²) in [5.74, 6) is 0.569. The highest BCUT2D eigenvalue weighted by Crippen LogP contribution is 2.17. The van der Waals surface area contributed by atoms with E-state index in [9.17, 15) is 4.79 Å². The molecule has 0 fully saturated rings. The third-order valence-corrected chi connectivity index (χ3v) is 4.89. The number of carbonyl (C=O) groups is 1. The third-order valence-electron chi connectivity index (χ3n) is 4.89. The smallest absolute Gasteiger partial charge is 0.244 e. The van der Waals surface area contributed by atoms with Gasteiger partial charge in [-0.05, 0) is 34.9 Å². The topological polar surface area (TPSA) is 69.0 Å². The Kier molecular flexibility index (Phi) is 7.06. The fourth-order valence-electron chi connectivity index (χ4n) is 3.27. The number of ether oxygens (including phenoxy) is 1. The second-order valence-corrected chi connectivity index (χ2v) is 7.27. The van der Waals surface area contributed by atoms with E-state index in [1.807, 2.05) is 84.9 Å². The number of rotatable bonds is 9. The largest absolute Gasteiger partial charge is 0.489 e. The summed E-state index contributed by atoms with van der Waals surface area (Å²) in [6, 6.07) is 27.3. The van der Waals surface area contributed by atoms with Crippen molar-refractivity contribution in [1.29, 1.82) is 0 Å². The Hall–Kier alpha value is -4.19. The molecule has 1 atom stereocenters. The summed E-state index contributed by atoms with van der Waals surface area (Å²) in [6.45, 7) is 0.988. The first kappa shape index (κ1) is 21.1. The maximum Gasteiger partial charge on any atom is 0.244 e. The van der Waals surface area contributed by atoms with Crippen molar-refractivity contribution in [3.63, 3.8) is 0 Å². The predicted molar refractivity (Wildman–Crippen MR) is 124 cm³/mol. The lowest BCUT2D eigenvalue weighted by molar-refractivity contribution is -0.117. The van der Waals surface area contributed by atoms with Gasteiger partial charge in [-0.25, -0.2) is 4.98 Å². The number of hydrogen-bond donors (Lipinski definition) is 1. The van der Waals surface area contributed by atoms with Crippen LogP contribution in [0.5, 0.6) is 5.75 Å². The van der Waals surface area contributed by atoms with Gasteiger partial charge in [-0.2, -0.15) is 5.10 Å². The first-order chi connectivity index (χ1) is 15.8. The molecule has 0 radical (unpaired) electrons. The zero-order valence-corrected chi connectivity index (χ0v) is 17.5. The molecule has 0 saturated heterocycles. The van der Waals surface area contributed by atoms with Crippen LogP contribution < -0.4 is 10.1 Å². The number of hydrogen-bond acceptors (Lipinski definition) is 4. The second-order valence-electron chi connectivity index (χ2n) is 7.27. The van der Waals surface area contributed by atoms with E-state index in [0.717, 1.165) is 22.4 Å². The molecule has 4 aromatic rings. The number of carbonyl (C=O) groups excluding carboxylic acids is 1. The molecule has 0 aliphatic rings. The molecule has 1 aromatic heterocycles. The Labute approximate surface area is 187 Å². The van der Waals surface area contributed by atoms with E-state index in [-0.39, 0.29) is 11.9 Å². The number of benzene rings is 3. The van der Waals surface area contributed by atoms with E-state index < -0.39 is 0 Å². The van der Waals surface area contributed by atoms with E-state index in [0.29, 0.717) is 13.2 Å². The molecule has 3 aromatic carbocycles. The maximum atomic E-state index is 12.6. The average Bonchev–Trinajstić information content (AvgIpc) is 3.36. The van der Waals surface area contributed by atoms with Gasteiger partial charge < -0.3 is 10.1 Å². The van der Waals surface area contributed by atoms with E-state index in [4.69, 9.17) is 4.74 Å². The minimum Gasteiger partial charge on any atom is -0.489 e. The fraction of sp³-hybridized carbons (Fsp3) is 0.115. The average molecular weight is 425 g/mol. The minimum atomic E-state index is -0.226. The Morgan fingerprint density at radius 2 is 1.78 bits per heavy atom. The quantitative estimate of drug-likeness (QED) is 0.404. The summed E-state index contributed by atoms with van der Waals surface area (Å²) in [7, 11) is 0. The summed E-state index contributed by atoms with van der Waals surface area (Å²) in [5.41, 5.74) is 2.99. The maximum absolute atomic E-state index is 12.6. The first-order valence-electron chi connectivity index (χ1n) is 10.4. The summed E-state index contributed by atoms with van der Waals surface area (Å²) < 4.78 is 7.57. The van der Waals surface area contributed by atoms with Crippen molar-refractivity contribution in [2.45, 2.75) is 19.2 Å². The van der Waals surface area contributed by atoms with Crippen molar-refractivity contribution in [2.75, 3.05) is 0 Å². The standard InChI is InChI=1S/C26H24N4O2/c31-26(29-25(17-30-20-27-19-28-30)23-11-5-2-6-12-23)15-14-21-10-7-13-24(16-21)32-18-22-8-3-1-4-9-22/h1-16,19-20,25H,17-18H2,(H,29,31)/b15-14+. The molecule has 0 spiro atoms. The lowest BCUT2D eigenvalue weighted by atomic mass is 10.1. The molecule has 6 nitrogen and oxygen atoms in total. The minimum absolute atomic E-state index is 0.186. The molecule has 32 heavy (non-hydrogen) atoms. The molecule has 1 amide bonds. The number of aromatic nitrogens is 3. The molecule has 4 rings (SSSR count). The molecule has 1 N–H and O–H groups in total. The van der Waals surface area contributed by atoms with Crippen LogP contribution >= 0.6 is 0 Å². The number of nitrogens with one attached hydrogen (secondary N) is 1. The summed E-state index contributed by atoms with van der Waals surface area (Å²) in [5, 5.41) is 7.21. The van der Waals surface area contributed by atoms with Gasteiger partial charge in [0, 0.05) is 6.08 Å². The zero-order chi connectivity index (χ0) is 22.0. The molecular formula is C26H24N4O2. The van der Waals surface area contributed by atoms with Crippen molar-refractivity contribution >= 4 is 12.0 Å². The van der Waals surface area contributed by atoms with Crippen LogP contribution in [0.4, 0.5) is 0 Å². The van der Waals surface area contributed by atoms with Gasteiger partial charge in [0.25, 0.3) is 0 Å². The van der Waals surface area contributed by atoms with Gasteiger partial charge >= 0.3 is 0 Å². The van der Waals surface area contributed by atoms with Crippen LogP contribution in [-0.4, -0.2) is 20.7 Å². The van der Waals surface area contributed by atoms with Crippen LogP contribution in [-0.2, 0) is 17.9 Å². The zero-order valence-electron chi connectivity index (χ0n) is 17.5. The molecule has 0 aliphatic heterocycles. The van der Waals surface area contributed by atoms with Gasteiger partial charge in [-0.1, -0.05) is 72.8 Å². The van der Waals surface area contributed by atoms with Crippen LogP contribution in [0.2, 0.25) is 0 Å². The van der Waals surface area contributed by atoms with E-state index >= 15 is 0 Å². The molecule has 1 heterocycles. The molecule has 1 unspecified atom stereocenters. The van der Waals surface area contributed by atoms with E-state index in [2.05, 4.69) is 15.4 Å². The first-order valence-corrected chi connectivity index (χ1v) is 10.4. The highest BCUT2D eigenvalue weighted by molar-refractivity contribution is 5.92. The van der Waals surface area contributed by atoms with Crippen LogP contribution in [0.1, 0.15) is 22.7 Å². The molecular weight excluding hydrogens is 400 g/mol. The van der Waals surface area contributed by atoms with Crippen molar-refractivity contribution in [3.05, 3.63) is 120 Å². The molecule has 6 heteroatoms. The van der Waals surface area contributed by atoms with Gasteiger partial charge in [0.1, 0.15) is 25.0 Å². The summed E-state index contributed by atoms with van der Waals surface area (Å²) >= 11 is 0. The fourth-order valence-corrected chi connectivity index (χ4v) is 3.27. The predicted octanol–water partition coefficient (Wildman–Crippen LogP) is 4.43. The van der Waals surface area contributed by atoms with Gasteiger partial charge in [0.05, 0.1) is 12.6 Å². The Morgan fingerprint density at radius 3 is 2.53 bits per heavy atom. The lowest BCUT2D eigenvalue weighted by Gasteiger charge is -2.18. The SMILES string of the molecule is O=C(/C=C/c1cccc(OCc2ccccc2)c1)NC(Cn1cncn1)c1ccccc1. The van der Waals surface area contributed by atoms with Gasteiger partial charge in [0.15, 0.2) is 0 Å². The Balaban J connectivity index is 1.39. The highest BCUT2D eigenvalue weighted by Gasteiger charge is 2.14. The van der Waals surface area contributed by atoms with Crippen molar-refractivity contribution in [2.24, 2.45) is 0 Å². The van der Waals surface area contributed by atoms with Gasteiger partial charge in [-0.3, -0.25) is 9.48 Å². The van der Waals surface area contributed by atoms with Crippen molar-refractivity contribution < 1.29 is 9.53 Å². The Bertz CT molecular complexity index is 1140. The number of amides is 1. The highest BCUT2D eigenvalue weighted by atomic mass is 16.5. The molecule has 0 saturated carbocycles. The molecule has 0 aliphatic carbocycles.